The summed E-state index contributed by atoms with van der Waals surface area (Å²) in [6, 6.07) is 0. The number of hydrogen-bond donors (Lipinski definition) is 3. The van der Waals surface area contributed by atoms with Crippen molar-refractivity contribution in [3.8, 4) is 0 Å². The largest absolute Gasteiger partial charge is 0.393 e. The number of nitrogens with zero attached hydrogens (tertiary/aromatic N) is 1. The Labute approximate surface area is 106 Å². The van der Waals surface area contributed by atoms with Crippen molar-refractivity contribution in [2.75, 3.05) is 6.54 Å². The quantitative estimate of drug-likeness (QED) is 0.672. The number of aromatic nitrogens is 2. The molecule has 1 rings (SSSR count). The van der Waals surface area contributed by atoms with Gasteiger partial charge in [-0.1, -0.05) is 26.1 Å². The van der Waals surface area contributed by atoms with Gasteiger partial charge in [0.2, 0.25) is 10.0 Å². The molecule has 0 aliphatic rings. The molecule has 0 aliphatic heterocycles. The summed E-state index contributed by atoms with van der Waals surface area (Å²) >= 11 is 4.87. The SMILES string of the molecule is Cc1[nH]ncc1S(=O)(=O)NCC(C)(C)C(N)=S. The molecule has 0 spiro atoms. The second-order valence-electron chi connectivity index (χ2n) is 4.43. The minimum atomic E-state index is -3.57. The number of hydrogen-bond acceptors (Lipinski definition) is 4. The van der Waals surface area contributed by atoms with Crippen LogP contribution in [0.3, 0.4) is 0 Å². The Morgan fingerprint density at radius 3 is 2.65 bits per heavy atom. The Balaban J connectivity index is 2.83. The highest BCUT2D eigenvalue weighted by atomic mass is 32.2. The average molecular weight is 276 g/mol. The zero-order valence-electron chi connectivity index (χ0n) is 9.94. The lowest BCUT2D eigenvalue weighted by atomic mass is 9.94. The van der Waals surface area contributed by atoms with Gasteiger partial charge in [-0.3, -0.25) is 5.10 Å². The summed E-state index contributed by atoms with van der Waals surface area (Å²) in [4.78, 5) is 0.403. The summed E-state index contributed by atoms with van der Waals surface area (Å²) in [7, 11) is -3.57. The lowest BCUT2D eigenvalue weighted by molar-refractivity contribution is 0.501. The molecule has 1 aromatic rings. The van der Waals surface area contributed by atoms with Gasteiger partial charge in [0.1, 0.15) is 4.90 Å². The highest BCUT2D eigenvalue weighted by Gasteiger charge is 2.26. The minimum absolute atomic E-state index is 0.135. The molecule has 0 amide bonds. The molecule has 0 fully saturated rings. The van der Waals surface area contributed by atoms with Gasteiger partial charge in [0, 0.05) is 12.0 Å². The predicted octanol–water partition coefficient (Wildman–Crippen LogP) is 0.309. The smallest absolute Gasteiger partial charge is 0.243 e. The molecule has 1 aromatic heterocycles. The van der Waals surface area contributed by atoms with Gasteiger partial charge in [-0.05, 0) is 6.92 Å². The number of aromatic amines is 1. The molecule has 0 saturated heterocycles. The number of sulfonamides is 1. The second-order valence-corrected chi connectivity index (χ2v) is 6.61. The zero-order chi connectivity index (χ0) is 13.3. The predicted molar refractivity (Wildman–Crippen MR) is 69.1 cm³/mol. The molecule has 0 unspecified atom stereocenters. The van der Waals surface area contributed by atoms with E-state index >= 15 is 0 Å². The zero-order valence-corrected chi connectivity index (χ0v) is 11.6. The first-order chi connectivity index (χ1) is 7.67. The van der Waals surface area contributed by atoms with Gasteiger partial charge in [0.05, 0.1) is 16.9 Å². The number of thiocarbonyl (C=S) groups is 1. The monoisotopic (exact) mass is 276 g/mol. The van der Waals surface area contributed by atoms with Crippen molar-refractivity contribution in [2.45, 2.75) is 25.7 Å². The van der Waals surface area contributed by atoms with Crippen molar-refractivity contribution in [1.29, 1.82) is 0 Å². The van der Waals surface area contributed by atoms with Crippen LogP contribution in [0.5, 0.6) is 0 Å². The van der Waals surface area contributed by atoms with E-state index in [1.165, 1.54) is 6.20 Å². The van der Waals surface area contributed by atoms with Crippen molar-refractivity contribution < 1.29 is 8.42 Å². The van der Waals surface area contributed by atoms with Gasteiger partial charge in [-0.25, -0.2) is 13.1 Å². The highest BCUT2D eigenvalue weighted by molar-refractivity contribution is 7.89. The summed E-state index contributed by atoms with van der Waals surface area (Å²) in [5, 5.41) is 6.25. The first-order valence-electron chi connectivity index (χ1n) is 4.96. The van der Waals surface area contributed by atoms with Crippen LogP contribution in [0.25, 0.3) is 0 Å². The average Bonchev–Trinajstić information content (AvgIpc) is 2.62. The number of H-pyrrole nitrogens is 1. The summed E-state index contributed by atoms with van der Waals surface area (Å²) in [5.74, 6) is 0. The van der Waals surface area contributed by atoms with Crippen LogP contribution in [0.4, 0.5) is 0 Å². The fourth-order valence-corrected chi connectivity index (χ4v) is 2.47. The summed E-state index contributed by atoms with van der Waals surface area (Å²) < 4.78 is 26.3. The first kappa shape index (κ1) is 14.1. The van der Waals surface area contributed by atoms with Crippen LogP contribution in [-0.4, -0.2) is 30.1 Å². The van der Waals surface area contributed by atoms with Gasteiger partial charge < -0.3 is 5.73 Å². The minimum Gasteiger partial charge on any atom is -0.393 e. The van der Waals surface area contributed by atoms with Crippen molar-refractivity contribution in [3.63, 3.8) is 0 Å². The lowest BCUT2D eigenvalue weighted by Crippen LogP contribution is -2.41. The van der Waals surface area contributed by atoms with E-state index in [0.29, 0.717) is 5.69 Å². The van der Waals surface area contributed by atoms with Crippen LogP contribution in [0, 0.1) is 12.3 Å². The van der Waals surface area contributed by atoms with E-state index in [4.69, 9.17) is 18.0 Å². The van der Waals surface area contributed by atoms with Gasteiger partial charge in [0.15, 0.2) is 0 Å². The van der Waals surface area contributed by atoms with E-state index < -0.39 is 15.4 Å². The van der Waals surface area contributed by atoms with Gasteiger partial charge in [-0.15, -0.1) is 0 Å². The Bertz CT molecular complexity index is 519. The molecular formula is C9H16N4O2S2. The van der Waals surface area contributed by atoms with Gasteiger partial charge in [-0.2, -0.15) is 5.10 Å². The van der Waals surface area contributed by atoms with Crippen LogP contribution in [0.15, 0.2) is 11.1 Å². The van der Waals surface area contributed by atoms with Crippen LogP contribution in [0.2, 0.25) is 0 Å². The second kappa shape index (κ2) is 4.71. The molecule has 96 valence electrons. The van der Waals surface area contributed by atoms with E-state index in [0.717, 1.165) is 0 Å². The van der Waals surface area contributed by atoms with Crippen molar-refractivity contribution in [3.05, 3.63) is 11.9 Å². The maximum Gasteiger partial charge on any atom is 0.243 e. The molecule has 0 aliphatic carbocycles. The molecule has 0 saturated carbocycles. The van der Waals surface area contributed by atoms with Crippen LogP contribution in [-0.2, 0) is 10.0 Å². The van der Waals surface area contributed by atoms with Crippen LogP contribution in [0.1, 0.15) is 19.5 Å². The Kier molecular flexibility index (Phi) is 3.90. The van der Waals surface area contributed by atoms with Gasteiger partial charge in [0.25, 0.3) is 0 Å². The molecule has 0 atom stereocenters. The maximum atomic E-state index is 11.9. The maximum absolute atomic E-state index is 11.9. The molecule has 8 heteroatoms. The van der Waals surface area contributed by atoms with Crippen molar-refractivity contribution in [2.24, 2.45) is 11.1 Å². The highest BCUT2D eigenvalue weighted by Crippen LogP contribution is 2.16. The fraction of sp³-hybridized carbons (Fsp3) is 0.556. The Morgan fingerprint density at radius 1 is 1.65 bits per heavy atom. The van der Waals surface area contributed by atoms with Crippen LogP contribution < -0.4 is 10.5 Å². The molecule has 17 heavy (non-hydrogen) atoms. The number of nitrogens with two attached hydrogens (primary N) is 1. The van der Waals surface area contributed by atoms with Crippen molar-refractivity contribution >= 4 is 27.2 Å². The molecule has 0 bridgehead atoms. The fourth-order valence-electron chi connectivity index (χ4n) is 1.05. The summed E-state index contributed by atoms with van der Waals surface area (Å²) in [6.07, 6.45) is 1.27. The number of nitrogens with one attached hydrogen (secondary N) is 2. The van der Waals surface area contributed by atoms with E-state index in [2.05, 4.69) is 14.9 Å². The number of rotatable bonds is 5. The lowest BCUT2D eigenvalue weighted by Gasteiger charge is -2.23. The number of aryl methyl sites for hydroxylation is 1. The molecule has 0 radical (unpaired) electrons. The third kappa shape index (κ3) is 3.24. The van der Waals surface area contributed by atoms with E-state index in [-0.39, 0.29) is 16.4 Å². The Hall–Kier alpha value is -0.990. The Morgan fingerprint density at radius 2 is 2.24 bits per heavy atom. The summed E-state index contributed by atoms with van der Waals surface area (Å²) in [5.41, 5.74) is 5.45. The molecule has 4 N–H and O–H groups in total. The van der Waals surface area contributed by atoms with E-state index in [1.807, 2.05) is 0 Å². The first-order valence-corrected chi connectivity index (χ1v) is 6.85. The van der Waals surface area contributed by atoms with Crippen LogP contribution >= 0.6 is 12.2 Å². The van der Waals surface area contributed by atoms with Gasteiger partial charge >= 0.3 is 0 Å². The molecule has 0 aromatic carbocycles. The summed E-state index contributed by atoms with van der Waals surface area (Å²) in [6.45, 7) is 5.34. The molecule has 6 nitrogen and oxygen atoms in total. The molecular weight excluding hydrogens is 260 g/mol. The third-order valence-corrected chi connectivity index (χ3v) is 4.51. The normalized spacial score (nSPS) is 12.6. The third-order valence-electron chi connectivity index (χ3n) is 2.44. The van der Waals surface area contributed by atoms with E-state index in [1.54, 1.807) is 20.8 Å². The topological polar surface area (TPSA) is 101 Å². The molecule has 1 heterocycles. The standard InChI is InChI=1S/C9H16N4O2S2/c1-6-7(4-11-13-6)17(14,15)12-5-9(2,3)8(10)16/h4,12H,5H2,1-3H3,(H2,10,16)(H,11,13). The van der Waals surface area contributed by atoms with E-state index in [9.17, 15) is 8.42 Å². The van der Waals surface area contributed by atoms with Crippen molar-refractivity contribution in [1.82, 2.24) is 14.9 Å².